The van der Waals surface area contributed by atoms with Crippen LogP contribution in [0.15, 0.2) is 29.4 Å². The van der Waals surface area contributed by atoms with Gasteiger partial charge in [0.1, 0.15) is 6.61 Å². The van der Waals surface area contributed by atoms with E-state index in [4.69, 9.17) is 4.84 Å². The van der Waals surface area contributed by atoms with Gasteiger partial charge in [-0.1, -0.05) is 23.4 Å². The van der Waals surface area contributed by atoms with E-state index in [9.17, 15) is 4.79 Å². The van der Waals surface area contributed by atoms with Gasteiger partial charge in [-0.15, -0.1) is 0 Å². The first kappa shape index (κ1) is 12.2. The predicted molar refractivity (Wildman–Crippen MR) is 61.4 cm³/mol. The maximum Gasteiger partial charge on any atom is 0.338 e. The molecule has 0 atom stereocenters. The SMILES string of the molecule is COC(=O)c1ccccc1CON=C(C)C. The fraction of sp³-hybridized carbons (Fsp3) is 0.333. The molecule has 4 nitrogen and oxygen atoms in total. The molecule has 0 heterocycles. The van der Waals surface area contributed by atoms with E-state index in [1.807, 2.05) is 26.0 Å². The molecule has 0 N–H and O–H groups in total. The number of methoxy groups -OCH3 is 1. The molecule has 0 amide bonds. The van der Waals surface area contributed by atoms with Crippen molar-refractivity contribution in [1.29, 1.82) is 0 Å². The third kappa shape index (κ3) is 3.38. The van der Waals surface area contributed by atoms with Crippen molar-refractivity contribution in [1.82, 2.24) is 0 Å². The first-order valence-corrected chi connectivity index (χ1v) is 4.94. The summed E-state index contributed by atoms with van der Waals surface area (Å²) < 4.78 is 4.67. The zero-order valence-corrected chi connectivity index (χ0v) is 9.69. The van der Waals surface area contributed by atoms with Gasteiger partial charge in [0, 0.05) is 5.56 Å². The molecule has 0 aliphatic rings. The lowest BCUT2D eigenvalue weighted by molar-refractivity contribution is 0.0593. The molecule has 1 aromatic rings. The van der Waals surface area contributed by atoms with Crippen molar-refractivity contribution >= 4 is 11.7 Å². The van der Waals surface area contributed by atoms with Gasteiger partial charge >= 0.3 is 5.97 Å². The first-order valence-electron chi connectivity index (χ1n) is 4.94. The molecular weight excluding hydrogens is 206 g/mol. The summed E-state index contributed by atoms with van der Waals surface area (Å²) in [5.41, 5.74) is 2.10. The molecule has 0 bridgehead atoms. The van der Waals surface area contributed by atoms with Crippen molar-refractivity contribution in [3.05, 3.63) is 35.4 Å². The van der Waals surface area contributed by atoms with Crippen LogP contribution in [0.5, 0.6) is 0 Å². The number of esters is 1. The highest BCUT2D eigenvalue weighted by Crippen LogP contribution is 2.11. The Morgan fingerprint density at radius 2 is 2.00 bits per heavy atom. The normalized spacial score (nSPS) is 9.44. The second-order valence-electron chi connectivity index (χ2n) is 3.46. The summed E-state index contributed by atoms with van der Waals surface area (Å²) >= 11 is 0. The summed E-state index contributed by atoms with van der Waals surface area (Å²) in [5.74, 6) is -0.364. The Balaban J connectivity index is 2.79. The van der Waals surface area contributed by atoms with E-state index < -0.39 is 0 Å². The fourth-order valence-electron chi connectivity index (χ4n) is 1.19. The van der Waals surface area contributed by atoms with Crippen molar-refractivity contribution in [2.75, 3.05) is 7.11 Å². The Labute approximate surface area is 94.9 Å². The van der Waals surface area contributed by atoms with Crippen molar-refractivity contribution < 1.29 is 14.4 Å². The van der Waals surface area contributed by atoms with Crippen LogP contribution in [-0.4, -0.2) is 18.8 Å². The second-order valence-corrected chi connectivity index (χ2v) is 3.46. The lowest BCUT2D eigenvalue weighted by atomic mass is 10.1. The minimum absolute atomic E-state index is 0.260. The highest BCUT2D eigenvalue weighted by molar-refractivity contribution is 5.90. The van der Waals surface area contributed by atoms with Gasteiger partial charge in [0.25, 0.3) is 0 Å². The molecule has 86 valence electrons. The van der Waals surface area contributed by atoms with E-state index in [0.29, 0.717) is 5.56 Å². The zero-order valence-electron chi connectivity index (χ0n) is 9.69. The maximum atomic E-state index is 11.4. The Kier molecular flexibility index (Phi) is 4.51. The van der Waals surface area contributed by atoms with E-state index in [0.717, 1.165) is 11.3 Å². The minimum atomic E-state index is -0.364. The number of carbonyl (C=O) groups is 1. The number of carbonyl (C=O) groups excluding carboxylic acids is 1. The summed E-state index contributed by atoms with van der Waals surface area (Å²) in [5, 5.41) is 3.81. The van der Waals surface area contributed by atoms with Gasteiger partial charge in [-0.2, -0.15) is 0 Å². The van der Waals surface area contributed by atoms with Crippen molar-refractivity contribution in [3.8, 4) is 0 Å². The van der Waals surface area contributed by atoms with Crippen LogP contribution in [0.1, 0.15) is 29.8 Å². The number of nitrogens with zero attached hydrogens (tertiary/aromatic N) is 1. The standard InChI is InChI=1S/C12H15NO3/c1-9(2)13-16-8-10-6-4-5-7-11(10)12(14)15-3/h4-7H,8H2,1-3H3. The Morgan fingerprint density at radius 3 is 2.62 bits per heavy atom. The van der Waals surface area contributed by atoms with Gasteiger partial charge in [-0.05, 0) is 19.9 Å². The largest absolute Gasteiger partial charge is 0.465 e. The van der Waals surface area contributed by atoms with Crippen LogP contribution in [0.3, 0.4) is 0 Å². The van der Waals surface area contributed by atoms with Crippen LogP contribution >= 0.6 is 0 Å². The first-order chi connectivity index (χ1) is 7.65. The Bertz CT molecular complexity index is 395. The van der Waals surface area contributed by atoms with E-state index in [-0.39, 0.29) is 12.6 Å². The molecule has 0 spiro atoms. The third-order valence-electron chi connectivity index (χ3n) is 1.89. The smallest absolute Gasteiger partial charge is 0.338 e. The molecule has 0 saturated heterocycles. The summed E-state index contributed by atoms with van der Waals surface area (Å²) in [6.45, 7) is 3.94. The van der Waals surface area contributed by atoms with Gasteiger partial charge in [0.05, 0.1) is 18.4 Å². The second kappa shape index (κ2) is 5.90. The number of hydrogen-bond donors (Lipinski definition) is 0. The molecule has 0 aliphatic carbocycles. The molecule has 0 fully saturated rings. The summed E-state index contributed by atoms with van der Waals surface area (Å²) in [6.07, 6.45) is 0. The number of rotatable bonds is 4. The highest BCUT2D eigenvalue weighted by Gasteiger charge is 2.10. The van der Waals surface area contributed by atoms with Crippen LogP contribution in [0.25, 0.3) is 0 Å². The number of hydrogen-bond acceptors (Lipinski definition) is 4. The van der Waals surface area contributed by atoms with Crippen molar-refractivity contribution in [2.24, 2.45) is 5.16 Å². The lowest BCUT2D eigenvalue weighted by Crippen LogP contribution is -2.06. The number of benzene rings is 1. The van der Waals surface area contributed by atoms with E-state index >= 15 is 0 Å². The summed E-state index contributed by atoms with van der Waals surface area (Å²) in [6, 6.07) is 7.14. The van der Waals surface area contributed by atoms with Crippen molar-refractivity contribution in [2.45, 2.75) is 20.5 Å². The number of oxime groups is 1. The van der Waals surface area contributed by atoms with Gasteiger partial charge in [0.2, 0.25) is 0 Å². The lowest BCUT2D eigenvalue weighted by Gasteiger charge is -2.06. The average Bonchev–Trinajstić information content (AvgIpc) is 2.28. The summed E-state index contributed by atoms with van der Waals surface area (Å²) in [4.78, 5) is 16.5. The monoisotopic (exact) mass is 221 g/mol. The molecule has 0 aromatic heterocycles. The van der Waals surface area contributed by atoms with Crippen LogP contribution in [0, 0.1) is 0 Å². The molecule has 0 radical (unpaired) electrons. The summed E-state index contributed by atoms with van der Waals surface area (Å²) in [7, 11) is 1.36. The van der Waals surface area contributed by atoms with Crippen LogP contribution in [0.4, 0.5) is 0 Å². The van der Waals surface area contributed by atoms with Crippen LogP contribution in [-0.2, 0) is 16.2 Å². The zero-order chi connectivity index (χ0) is 12.0. The minimum Gasteiger partial charge on any atom is -0.465 e. The van der Waals surface area contributed by atoms with Gasteiger partial charge < -0.3 is 9.57 Å². The molecule has 4 heteroatoms. The quantitative estimate of drug-likeness (QED) is 0.445. The van der Waals surface area contributed by atoms with Gasteiger partial charge in [0.15, 0.2) is 0 Å². The Morgan fingerprint density at radius 1 is 1.31 bits per heavy atom. The average molecular weight is 221 g/mol. The molecule has 0 unspecified atom stereocenters. The highest BCUT2D eigenvalue weighted by atomic mass is 16.6. The molecule has 1 aromatic carbocycles. The molecule has 1 rings (SSSR count). The molecule has 0 saturated carbocycles. The van der Waals surface area contributed by atoms with Gasteiger partial charge in [-0.3, -0.25) is 0 Å². The van der Waals surface area contributed by atoms with Crippen LogP contribution < -0.4 is 0 Å². The Hall–Kier alpha value is -1.84. The van der Waals surface area contributed by atoms with Gasteiger partial charge in [-0.25, -0.2) is 4.79 Å². The van der Waals surface area contributed by atoms with Crippen LogP contribution in [0.2, 0.25) is 0 Å². The van der Waals surface area contributed by atoms with Crippen molar-refractivity contribution in [3.63, 3.8) is 0 Å². The topological polar surface area (TPSA) is 47.9 Å². The molecule has 16 heavy (non-hydrogen) atoms. The molecule has 0 aliphatic heterocycles. The van der Waals surface area contributed by atoms with E-state index in [1.54, 1.807) is 12.1 Å². The third-order valence-corrected chi connectivity index (χ3v) is 1.89. The maximum absolute atomic E-state index is 11.4. The predicted octanol–water partition coefficient (Wildman–Crippen LogP) is 2.39. The van der Waals surface area contributed by atoms with E-state index in [1.165, 1.54) is 7.11 Å². The fourth-order valence-corrected chi connectivity index (χ4v) is 1.19. The van der Waals surface area contributed by atoms with E-state index in [2.05, 4.69) is 9.89 Å². The number of ether oxygens (including phenoxy) is 1. The molecular formula is C12H15NO3.